The summed E-state index contributed by atoms with van der Waals surface area (Å²) in [4.78, 5) is 7.01. The number of aromatic nitrogens is 1. The van der Waals surface area contributed by atoms with Gasteiger partial charge in [0.25, 0.3) is 0 Å². The van der Waals surface area contributed by atoms with Crippen LogP contribution in [0.15, 0.2) is 34.9 Å². The quantitative estimate of drug-likeness (QED) is 0.922. The van der Waals surface area contributed by atoms with Crippen LogP contribution in [0.2, 0.25) is 5.02 Å². The summed E-state index contributed by atoms with van der Waals surface area (Å²) in [5, 5.41) is 3.95. The van der Waals surface area contributed by atoms with E-state index in [0.29, 0.717) is 10.9 Å². The lowest BCUT2D eigenvalue weighted by Gasteiger charge is -2.13. The molecule has 0 saturated carbocycles. The van der Waals surface area contributed by atoms with Gasteiger partial charge in [-0.2, -0.15) is 0 Å². The van der Waals surface area contributed by atoms with E-state index in [0.717, 1.165) is 43.4 Å². The number of nitrogens with zero attached hydrogens (tertiary/aromatic N) is 2. The molecule has 0 amide bonds. The van der Waals surface area contributed by atoms with Gasteiger partial charge in [-0.1, -0.05) is 17.7 Å². The van der Waals surface area contributed by atoms with Crippen LogP contribution in [0.1, 0.15) is 12.1 Å². The lowest BCUT2D eigenvalue weighted by Crippen LogP contribution is -2.24. The zero-order valence-corrected chi connectivity index (χ0v) is 12.9. The van der Waals surface area contributed by atoms with Crippen molar-refractivity contribution < 1.29 is 4.42 Å². The molecule has 0 aliphatic carbocycles. The zero-order chi connectivity index (χ0) is 14.7. The van der Waals surface area contributed by atoms with Gasteiger partial charge in [0.15, 0.2) is 0 Å². The van der Waals surface area contributed by atoms with Gasteiger partial charge in [0.1, 0.15) is 6.26 Å². The third kappa shape index (κ3) is 3.64. The number of hydrogen-bond donors (Lipinski definition) is 1. The molecule has 1 aliphatic heterocycles. The van der Waals surface area contributed by atoms with Gasteiger partial charge < -0.3 is 9.73 Å². The molecule has 1 atom stereocenters. The molecule has 112 valence electrons. The summed E-state index contributed by atoms with van der Waals surface area (Å²) in [6.07, 6.45) is 3.00. The molecule has 0 radical (unpaired) electrons. The summed E-state index contributed by atoms with van der Waals surface area (Å²) >= 11 is 6.00. The molecular formula is C16H20ClN3O. The van der Waals surface area contributed by atoms with E-state index in [4.69, 9.17) is 16.0 Å². The molecule has 2 heterocycles. The Morgan fingerprint density at radius 2 is 2.38 bits per heavy atom. The zero-order valence-electron chi connectivity index (χ0n) is 12.2. The average molecular weight is 306 g/mol. The molecule has 1 aliphatic rings. The van der Waals surface area contributed by atoms with Crippen molar-refractivity contribution in [3.8, 4) is 11.5 Å². The largest absolute Gasteiger partial charge is 0.444 e. The highest BCUT2D eigenvalue weighted by atomic mass is 35.5. The van der Waals surface area contributed by atoms with Crippen LogP contribution < -0.4 is 5.32 Å². The molecule has 1 aromatic carbocycles. The highest BCUT2D eigenvalue weighted by Crippen LogP contribution is 2.23. The molecule has 1 unspecified atom stereocenters. The first-order valence-electron chi connectivity index (χ1n) is 7.32. The Morgan fingerprint density at radius 1 is 1.48 bits per heavy atom. The Balaban J connectivity index is 1.63. The number of benzene rings is 1. The Morgan fingerprint density at radius 3 is 3.19 bits per heavy atom. The first-order valence-corrected chi connectivity index (χ1v) is 7.69. The highest BCUT2D eigenvalue weighted by Gasteiger charge is 2.22. The fourth-order valence-corrected chi connectivity index (χ4v) is 3.06. The van der Waals surface area contributed by atoms with E-state index in [1.807, 2.05) is 31.3 Å². The fourth-order valence-electron chi connectivity index (χ4n) is 2.87. The molecule has 5 heteroatoms. The Kier molecular flexibility index (Phi) is 4.58. The predicted molar refractivity (Wildman–Crippen MR) is 84.3 cm³/mol. The number of nitrogens with one attached hydrogen (secondary N) is 1. The second-order valence-electron chi connectivity index (χ2n) is 5.60. The van der Waals surface area contributed by atoms with Crippen molar-refractivity contribution in [3.63, 3.8) is 0 Å². The first kappa shape index (κ1) is 14.6. The maximum absolute atomic E-state index is 6.00. The van der Waals surface area contributed by atoms with Gasteiger partial charge in [-0.15, -0.1) is 0 Å². The Hall–Kier alpha value is -1.36. The van der Waals surface area contributed by atoms with Crippen LogP contribution in [0.3, 0.4) is 0 Å². The van der Waals surface area contributed by atoms with Gasteiger partial charge in [-0.3, -0.25) is 4.90 Å². The van der Waals surface area contributed by atoms with Crippen LogP contribution in [0.5, 0.6) is 0 Å². The summed E-state index contributed by atoms with van der Waals surface area (Å²) in [5.74, 6) is 1.38. The van der Waals surface area contributed by atoms with Crippen molar-refractivity contribution >= 4 is 11.6 Å². The molecule has 0 bridgehead atoms. The SMILES string of the molecule is CNCC1CCN(Cc2coc(-c3cccc(Cl)c3)n2)C1. The molecule has 1 N–H and O–H groups in total. The number of rotatable bonds is 5. The van der Waals surface area contributed by atoms with Crippen LogP contribution in [-0.4, -0.2) is 36.6 Å². The van der Waals surface area contributed by atoms with E-state index in [-0.39, 0.29) is 0 Å². The third-order valence-corrected chi connectivity index (χ3v) is 4.11. The summed E-state index contributed by atoms with van der Waals surface area (Å²) in [5.41, 5.74) is 1.90. The fraction of sp³-hybridized carbons (Fsp3) is 0.438. The van der Waals surface area contributed by atoms with Gasteiger partial charge in [0.2, 0.25) is 5.89 Å². The Bertz CT molecular complexity index is 599. The minimum atomic E-state index is 0.637. The molecule has 0 spiro atoms. The number of hydrogen-bond acceptors (Lipinski definition) is 4. The Labute approximate surface area is 130 Å². The van der Waals surface area contributed by atoms with Crippen molar-refractivity contribution in [2.24, 2.45) is 5.92 Å². The summed E-state index contributed by atoms with van der Waals surface area (Å²) in [7, 11) is 2.01. The molecule has 1 saturated heterocycles. The number of oxazole rings is 1. The lowest BCUT2D eigenvalue weighted by molar-refractivity contribution is 0.311. The van der Waals surface area contributed by atoms with Gasteiger partial charge in [-0.25, -0.2) is 4.98 Å². The monoisotopic (exact) mass is 305 g/mol. The topological polar surface area (TPSA) is 41.3 Å². The standard InChI is InChI=1S/C16H20ClN3O/c1-18-8-12-5-6-20(9-12)10-15-11-21-16(19-15)13-3-2-4-14(17)7-13/h2-4,7,11-12,18H,5-6,8-10H2,1H3. The summed E-state index contributed by atoms with van der Waals surface area (Å²) < 4.78 is 5.58. The van der Waals surface area contributed by atoms with Crippen LogP contribution in [0.25, 0.3) is 11.5 Å². The van der Waals surface area contributed by atoms with E-state index in [9.17, 15) is 0 Å². The third-order valence-electron chi connectivity index (χ3n) is 3.87. The molecule has 4 nitrogen and oxygen atoms in total. The van der Waals surface area contributed by atoms with Crippen molar-refractivity contribution in [2.75, 3.05) is 26.7 Å². The van der Waals surface area contributed by atoms with E-state index in [2.05, 4.69) is 15.2 Å². The van der Waals surface area contributed by atoms with Crippen molar-refractivity contribution in [1.29, 1.82) is 0 Å². The molecule has 3 rings (SSSR count). The second-order valence-corrected chi connectivity index (χ2v) is 6.04. The maximum atomic E-state index is 6.00. The van der Waals surface area contributed by atoms with Crippen molar-refractivity contribution in [2.45, 2.75) is 13.0 Å². The normalized spacial score (nSPS) is 19.2. The number of halogens is 1. The van der Waals surface area contributed by atoms with E-state index in [1.165, 1.54) is 6.42 Å². The van der Waals surface area contributed by atoms with Gasteiger partial charge in [-0.05, 0) is 50.7 Å². The highest BCUT2D eigenvalue weighted by molar-refractivity contribution is 6.30. The van der Waals surface area contributed by atoms with Gasteiger partial charge in [0.05, 0.1) is 5.69 Å². The smallest absolute Gasteiger partial charge is 0.226 e. The van der Waals surface area contributed by atoms with Crippen LogP contribution in [-0.2, 0) is 6.54 Å². The summed E-state index contributed by atoms with van der Waals surface area (Å²) in [6, 6.07) is 7.58. The summed E-state index contributed by atoms with van der Waals surface area (Å²) in [6.45, 7) is 4.19. The van der Waals surface area contributed by atoms with E-state index in [1.54, 1.807) is 6.26 Å². The molecule has 2 aromatic rings. The second kappa shape index (κ2) is 6.60. The van der Waals surface area contributed by atoms with Crippen LogP contribution >= 0.6 is 11.6 Å². The van der Waals surface area contributed by atoms with Crippen LogP contribution in [0.4, 0.5) is 0 Å². The average Bonchev–Trinajstić information content (AvgIpc) is 3.10. The minimum Gasteiger partial charge on any atom is -0.444 e. The number of likely N-dealkylation sites (tertiary alicyclic amines) is 1. The van der Waals surface area contributed by atoms with E-state index >= 15 is 0 Å². The first-order chi connectivity index (χ1) is 10.2. The maximum Gasteiger partial charge on any atom is 0.226 e. The molecule has 21 heavy (non-hydrogen) atoms. The van der Waals surface area contributed by atoms with Crippen molar-refractivity contribution in [3.05, 3.63) is 41.2 Å². The minimum absolute atomic E-state index is 0.637. The van der Waals surface area contributed by atoms with Crippen molar-refractivity contribution in [1.82, 2.24) is 15.2 Å². The van der Waals surface area contributed by atoms with E-state index < -0.39 is 0 Å². The lowest BCUT2D eigenvalue weighted by atomic mass is 10.1. The predicted octanol–water partition coefficient (Wildman–Crippen LogP) is 3.04. The molecular weight excluding hydrogens is 286 g/mol. The van der Waals surface area contributed by atoms with Gasteiger partial charge in [0, 0.05) is 23.7 Å². The molecule has 1 fully saturated rings. The van der Waals surface area contributed by atoms with Gasteiger partial charge >= 0.3 is 0 Å². The van der Waals surface area contributed by atoms with Crippen LogP contribution in [0, 0.1) is 5.92 Å². The molecule has 1 aromatic heterocycles.